The summed E-state index contributed by atoms with van der Waals surface area (Å²) in [5, 5.41) is 7.23. The van der Waals surface area contributed by atoms with Gasteiger partial charge in [0.1, 0.15) is 0 Å². The Hall–Kier alpha value is -3.48. The third-order valence-electron chi connectivity index (χ3n) is 7.64. The molecule has 0 saturated carbocycles. The van der Waals surface area contributed by atoms with E-state index in [-0.39, 0.29) is 18.0 Å². The molecule has 1 aromatic heterocycles. The molecule has 2 aromatic rings. The largest absolute Gasteiger partial charge is 0.373 e. The number of anilines is 1. The van der Waals surface area contributed by atoms with E-state index in [4.69, 9.17) is 0 Å². The number of rotatable bonds is 5. The van der Waals surface area contributed by atoms with Crippen molar-refractivity contribution < 1.29 is 9.59 Å². The maximum atomic E-state index is 12.7. The summed E-state index contributed by atoms with van der Waals surface area (Å²) >= 11 is 0. The van der Waals surface area contributed by atoms with Gasteiger partial charge >= 0.3 is 6.03 Å². The molecule has 3 amide bonds. The van der Waals surface area contributed by atoms with Crippen LogP contribution in [0.3, 0.4) is 0 Å². The molecule has 2 N–H and O–H groups in total. The van der Waals surface area contributed by atoms with Gasteiger partial charge in [-0.1, -0.05) is 12.2 Å². The zero-order chi connectivity index (χ0) is 24.5. The van der Waals surface area contributed by atoms with Gasteiger partial charge in [0.25, 0.3) is 0 Å². The molecule has 0 bridgehead atoms. The van der Waals surface area contributed by atoms with Crippen molar-refractivity contribution in [2.24, 2.45) is 0 Å². The van der Waals surface area contributed by atoms with E-state index >= 15 is 0 Å². The molecular weight excluding hydrogens is 438 g/mol. The first-order chi connectivity index (χ1) is 16.9. The van der Waals surface area contributed by atoms with E-state index in [1.165, 1.54) is 27.9 Å². The molecule has 3 aliphatic rings. The van der Waals surface area contributed by atoms with Crippen molar-refractivity contribution in [3.63, 3.8) is 0 Å². The molecule has 1 aromatic carbocycles. The van der Waals surface area contributed by atoms with E-state index in [0.717, 1.165) is 63.1 Å². The first-order valence-electron chi connectivity index (χ1n) is 12.7. The number of nitrogens with one attached hydrogen (secondary N) is 2. The number of aryl methyl sites for hydroxylation is 1. The van der Waals surface area contributed by atoms with Crippen LogP contribution in [0.2, 0.25) is 0 Å². The molecule has 1 atom stereocenters. The van der Waals surface area contributed by atoms with Crippen LogP contribution in [0.25, 0.3) is 17.0 Å². The topological polar surface area (TPSA) is 69.6 Å². The molecule has 0 spiro atoms. The van der Waals surface area contributed by atoms with Gasteiger partial charge in [-0.3, -0.25) is 4.79 Å². The van der Waals surface area contributed by atoms with E-state index in [1.54, 1.807) is 6.92 Å². The summed E-state index contributed by atoms with van der Waals surface area (Å²) in [4.78, 5) is 28.6. The minimum Gasteiger partial charge on any atom is -0.373 e. The van der Waals surface area contributed by atoms with E-state index in [1.807, 2.05) is 24.1 Å². The minimum atomic E-state index is -0.212. The smallest absolute Gasteiger partial charge is 0.323 e. The predicted octanol–water partition coefficient (Wildman–Crippen LogP) is 4.86. The number of hydrogen-bond donors (Lipinski definition) is 2. The Balaban J connectivity index is 1.23. The quantitative estimate of drug-likeness (QED) is 0.652. The highest BCUT2D eigenvalue weighted by atomic mass is 16.2. The lowest BCUT2D eigenvalue weighted by molar-refractivity contribution is -0.129. The van der Waals surface area contributed by atoms with Gasteiger partial charge in [-0.2, -0.15) is 0 Å². The lowest BCUT2D eigenvalue weighted by Gasteiger charge is -2.27. The van der Waals surface area contributed by atoms with Gasteiger partial charge in [0.2, 0.25) is 5.91 Å². The van der Waals surface area contributed by atoms with Crippen LogP contribution in [0, 0.1) is 0 Å². The molecule has 1 saturated heterocycles. The predicted molar refractivity (Wildman–Crippen MR) is 141 cm³/mol. The maximum absolute atomic E-state index is 12.7. The van der Waals surface area contributed by atoms with Crippen LogP contribution in [0.5, 0.6) is 0 Å². The molecule has 1 fully saturated rings. The first-order valence-corrected chi connectivity index (χ1v) is 12.7. The van der Waals surface area contributed by atoms with Crippen LogP contribution in [-0.2, 0) is 17.8 Å². The molecule has 7 heteroatoms. The average Bonchev–Trinajstić information content (AvgIpc) is 3.47. The number of amides is 3. The second-order valence-electron chi connectivity index (χ2n) is 9.73. The number of likely N-dealkylation sites (N-methyl/N-ethyl adjacent to an activating group) is 1. The second kappa shape index (κ2) is 9.64. The van der Waals surface area contributed by atoms with Gasteiger partial charge in [0, 0.05) is 72.8 Å². The van der Waals surface area contributed by atoms with Crippen molar-refractivity contribution in [3.05, 3.63) is 59.1 Å². The number of allylic oxidation sites excluding steroid dienone is 5. The number of fused-ring (bicyclic) bond motifs is 3. The average molecular weight is 474 g/mol. The monoisotopic (exact) mass is 473 g/mol. The Kier molecular flexibility index (Phi) is 6.41. The lowest BCUT2D eigenvalue weighted by atomic mass is 10.0. The maximum Gasteiger partial charge on any atom is 0.323 e. The molecule has 2 heterocycles. The Morgan fingerprint density at radius 2 is 2.00 bits per heavy atom. The Morgan fingerprint density at radius 1 is 1.14 bits per heavy atom. The Bertz CT molecular complexity index is 1250. The molecular formula is C28H35N5O2. The summed E-state index contributed by atoms with van der Waals surface area (Å²) in [5.74, 6) is 0.116. The highest BCUT2D eigenvalue weighted by Crippen LogP contribution is 2.33. The van der Waals surface area contributed by atoms with E-state index in [0.29, 0.717) is 0 Å². The fraction of sp³-hybridized carbons (Fsp3) is 0.429. The van der Waals surface area contributed by atoms with E-state index < -0.39 is 0 Å². The molecule has 35 heavy (non-hydrogen) atoms. The molecule has 5 rings (SSSR count). The van der Waals surface area contributed by atoms with Crippen LogP contribution in [0.4, 0.5) is 10.5 Å². The van der Waals surface area contributed by atoms with Gasteiger partial charge in [0.15, 0.2) is 0 Å². The van der Waals surface area contributed by atoms with Gasteiger partial charge in [0.05, 0.1) is 6.04 Å². The van der Waals surface area contributed by atoms with Crippen molar-refractivity contribution >= 4 is 34.6 Å². The van der Waals surface area contributed by atoms with Crippen molar-refractivity contribution in [2.75, 3.05) is 25.5 Å². The summed E-state index contributed by atoms with van der Waals surface area (Å²) in [6.07, 6.45) is 13.4. The number of aromatic nitrogens is 1. The number of urea groups is 1. The third kappa shape index (κ3) is 4.59. The molecule has 184 valence electrons. The third-order valence-corrected chi connectivity index (χ3v) is 7.64. The molecule has 7 nitrogen and oxygen atoms in total. The van der Waals surface area contributed by atoms with Crippen molar-refractivity contribution in [3.8, 4) is 0 Å². The van der Waals surface area contributed by atoms with Gasteiger partial charge < -0.3 is 25.0 Å². The van der Waals surface area contributed by atoms with E-state index in [9.17, 15) is 9.59 Å². The SMILES string of the molecule is CCn1c2c(c3cc(NC(=O)NC4=CC=C(N5CCC(N(C)C(C)=O)C5)CC4)ccc31)C=CCC2. The number of nitrogens with zero attached hydrogens (tertiary/aromatic N) is 3. The minimum absolute atomic E-state index is 0.116. The fourth-order valence-electron chi connectivity index (χ4n) is 5.63. The second-order valence-corrected chi connectivity index (χ2v) is 9.73. The zero-order valence-corrected chi connectivity index (χ0v) is 20.9. The van der Waals surface area contributed by atoms with Gasteiger partial charge in [-0.25, -0.2) is 4.79 Å². The van der Waals surface area contributed by atoms with Crippen LogP contribution >= 0.6 is 0 Å². The Labute approximate surface area is 207 Å². The summed E-state index contributed by atoms with van der Waals surface area (Å²) in [7, 11) is 1.88. The van der Waals surface area contributed by atoms with Gasteiger partial charge in [-0.05, 0) is 69.4 Å². The number of carbonyl (C=O) groups is 2. The lowest BCUT2D eigenvalue weighted by Crippen LogP contribution is -2.37. The normalized spacial score (nSPS) is 19.3. The Morgan fingerprint density at radius 3 is 2.74 bits per heavy atom. The van der Waals surface area contributed by atoms with Crippen molar-refractivity contribution in [2.45, 2.75) is 58.5 Å². The zero-order valence-electron chi connectivity index (χ0n) is 20.9. The number of carbonyl (C=O) groups excluding carboxylic acids is 2. The molecule has 2 aliphatic carbocycles. The first kappa shape index (κ1) is 23.3. The van der Waals surface area contributed by atoms with Crippen molar-refractivity contribution in [1.29, 1.82) is 0 Å². The summed E-state index contributed by atoms with van der Waals surface area (Å²) in [5.41, 5.74) is 6.89. The fourth-order valence-corrected chi connectivity index (χ4v) is 5.63. The van der Waals surface area contributed by atoms with Crippen molar-refractivity contribution in [1.82, 2.24) is 19.7 Å². The summed E-state index contributed by atoms with van der Waals surface area (Å²) in [6, 6.07) is 6.25. The molecule has 0 radical (unpaired) electrons. The highest BCUT2D eigenvalue weighted by Gasteiger charge is 2.28. The summed E-state index contributed by atoms with van der Waals surface area (Å²) < 4.78 is 2.38. The number of benzene rings is 1. The van der Waals surface area contributed by atoms with Crippen LogP contribution in [0.15, 0.2) is 47.8 Å². The standard InChI is InChI=1S/C28H35N5O2/c1-4-33-26-8-6-5-7-24(26)25-17-21(11-14-27(25)33)30-28(35)29-20-9-12-22(13-10-20)32-16-15-23(18-32)31(3)19(2)34/h5,7,9,11-12,14,17,23H,4,6,8,10,13,15-16,18H2,1-3H3,(H2,29,30,35). The van der Waals surface area contributed by atoms with Crippen LogP contribution < -0.4 is 10.6 Å². The molecule has 1 unspecified atom stereocenters. The van der Waals surface area contributed by atoms with Gasteiger partial charge in [-0.15, -0.1) is 0 Å². The number of likely N-dealkylation sites (tertiary alicyclic amines) is 1. The van der Waals surface area contributed by atoms with Crippen LogP contribution in [0.1, 0.15) is 50.8 Å². The van der Waals surface area contributed by atoms with E-state index in [2.05, 4.69) is 57.4 Å². The highest BCUT2D eigenvalue weighted by molar-refractivity contribution is 5.97. The van der Waals surface area contributed by atoms with Crippen LogP contribution in [-0.4, -0.2) is 52.5 Å². The summed E-state index contributed by atoms with van der Waals surface area (Å²) in [6.45, 7) is 6.59. The molecule has 1 aliphatic heterocycles. The number of hydrogen-bond acceptors (Lipinski definition) is 3.